The number of hydrogen-bond acceptors (Lipinski definition) is 3. The van der Waals surface area contributed by atoms with Crippen LogP contribution < -0.4 is 11.1 Å². The standard InChI is InChI=1S/C13H17ClN4O2.HI/c14-12-6-5-11(18(19)20)7-9(12)8-16-13(15)17-10-3-1-2-4-10;/h5-7,10H,1-4,8H2,(H3,15,16,17);1H. The molecule has 0 spiro atoms. The predicted molar refractivity (Wildman–Crippen MR) is 94.2 cm³/mol. The van der Waals surface area contributed by atoms with Crippen LogP contribution >= 0.6 is 35.6 Å². The Bertz CT molecular complexity index is 533. The van der Waals surface area contributed by atoms with Gasteiger partial charge in [-0.05, 0) is 24.5 Å². The second kappa shape index (κ2) is 8.38. The second-order valence-electron chi connectivity index (χ2n) is 4.86. The third-order valence-electron chi connectivity index (χ3n) is 3.37. The van der Waals surface area contributed by atoms with Gasteiger partial charge < -0.3 is 11.1 Å². The molecule has 1 aromatic rings. The fourth-order valence-electron chi connectivity index (χ4n) is 2.29. The van der Waals surface area contributed by atoms with Gasteiger partial charge in [-0.1, -0.05) is 24.4 Å². The summed E-state index contributed by atoms with van der Waals surface area (Å²) in [5.74, 6) is 0.361. The number of nitro groups is 1. The van der Waals surface area contributed by atoms with Crippen LogP contribution in [0.25, 0.3) is 0 Å². The third-order valence-corrected chi connectivity index (χ3v) is 3.74. The summed E-state index contributed by atoms with van der Waals surface area (Å²) in [6.07, 6.45) is 4.63. The summed E-state index contributed by atoms with van der Waals surface area (Å²) >= 11 is 6.00. The zero-order valence-electron chi connectivity index (χ0n) is 11.4. The largest absolute Gasteiger partial charge is 0.370 e. The SMILES string of the molecule is I.NC(=NCc1cc([N+](=O)[O-])ccc1Cl)NC1CCCC1. The molecule has 0 aliphatic heterocycles. The molecule has 0 atom stereocenters. The number of nitrogens with one attached hydrogen (secondary N) is 1. The molecule has 0 aromatic heterocycles. The summed E-state index contributed by atoms with van der Waals surface area (Å²) in [5, 5.41) is 14.3. The Morgan fingerprint density at radius 1 is 1.48 bits per heavy atom. The lowest BCUT2D eigenvalue weighted by Crippen LogP contribution is -2.38. The van der Waals surface area contributed by atoms with Crippen LogP contribution in [-0.2, 0) is 6.54 Å². The molecule has 3 N–H and O–H groups in total. The van der Waals surface area contributed by atoms with E-state index in [0.717, 1.165) is 12.8 Å². The maximum absolute atomic E-state index is 10.7. The van der Waals surface area contributed by atoms with Crippen molar-refractivity contribution >= 4 is 47.2 Å². The number of aliphatic imine (C=N–C) groups is 1. The van der Waals surface area contributed by atoms with Gasteiger partial charge in [0.1, 0.15) is 0 Å². The third kappa shape index (κ3) is 5.31. The van der Waals surface area contributed by atoms with Crippen molar-refractivity contribution in [1.29, 1.82) is 0 Å². The molecule has 0 bridgehead atoms. The van der Waals surface area contributed by atoms with E-state index in [0.29, 0.717) is 22.6 Å². The number of nitrogens with two attached hydrogens (primary N) is 1. The molecule has 6 nitrogen and oxygen atoms in total. The summed E-state index contributed by atoms with van der Waals surface area (Å²) in [7, 11) is 0. The summed E-state index contributed by atoms with van der Waals surface area (Å²) in [6.45, 7) is 0.228. The molecule has 8 heteroatoms. The van der Waals surface area contributed by atoms with Crippen molar-refractivity contribution in [2.75, 3.05) is 0 Å². The summed E-state index contributed by atoms with van der Waals surface area (Å²) in [6, 6.07) is 4.69. The van der Waals surface area contributed by atoms with Crippen LogP contribution in [0, 0.1) is 10.1 Å². The molecule has 1 saturated carbocycles. The van der Waals surface area contributed by atoms with Crippen molar-refractivity contribution in [3.05, 3.63) is 38.9 Å². The molecule has 0 radical (unpaired) electrons. The number of nitro benzene ring substituents is 1. The topological polar surface area (TPSA) is 93.5 Å². The van der Waals surface area contributed by atoms with Crippen LogP contribution in [-0.4, -0.2) is 16.9 Å². The normalized spacial score (nSPS) is 15.6. The van der Waals surface area contributed by atoms with Gasteiger partial charge in [-0.25, -0.2) is 4.99 Å². The average molecular weight is 425 g/mol. The summed E-state index contributed by atoms with van der Waals surface area (Å²) in [5.41, 5.74) is 6.41. The Morgan fingerprint density at radius 2 is 2.14 bits per heavy atom. The first-order valence-corrected chi connectivity index (χ1v) is 6.93. The summed E-state index contributed by atoms with van der Waals surface area (Å²) in [4.78, 5) is 14.5. The van der Waals surface area contributed by atoms with Gasteiger partial charge >= 0.3 is 0 Å². The van der Waals surface area contributed by atoms with Crippen molar-refractivity contribution in [3.63, 3.8) is 0 Å². The van der Waals surface area contributed by atoms with Crippen molar-refractivity contribution in [2.24, 2.45) is 10.7 Å². The van der Waals surface area contributed by atoms with Crippen LogP contribution in [0.1, 0.15) is 31.2 Å². The lowest BCUT2D eigenvalue weighted by Gasteiger charge is -2.12. The molecule has 1 aliphatic carbocycles. The lowest BCUT2D eigenvalue weighted by molar-refractivity contribution is -0.384. The number of rotatable bonds is 4. The van der Waals surface area contributed by atoms with Crippen molar-refractivity contribution in [3.8, 4) is 0 Å². The predicted octanol–water partition coefficient (Wildman–Crippen LogP) is 3.21. The monoisotopic (exact) mass is 424 g/mol. The minimum absolute atomic E-state index is 0. The Kier molecular flexibility index (Phi) is 7.16. The quantitative estimate of drug-likeness (QED) is 0.255. The lowest BCUT2D eigenvalue weighted by atomic mass is 10.2. The number of halogens is 2. The number of benzene rings is 1. The highest BCUT2D eigenvalue weighted by molar-refractivity contribution is 14.0. The van der Waals surface area contributed by atoms with Gasteiger partial charge in [-0.15, -0.1) is 24.0 Å². The van der Waals surface area contributed by atoms with E-state index in [1.54, 1.807) is 0 Å². The number of hydrogen-bond donors (Lipinski definition) is 2. The molecule has 116 valence electrons. The van der Waals surface area contributed by atoms with E-state index >= 15 is 0 Å². The van der Waals surface area contributed by atoms with Gasteiger partial charge in [0.2, 0.25) is 0 Å². The van der Waals surface area contributed by atoms with E-state index < -0.39 is 4.92 Å². The average Bonchev–Trinajstić information content (AvgIpc) is 2.90. The molecule has 0 unspecified atom stereocenters. The molecule has 21 heavy (non-hydrogen) atoms. The van der Waals surface area contributed by atoms with Crippen LogP contribution in [0.15, 0.2) is 23.2 Å². The minimum Gasteiger partial charge on any atom is -0.370 e. The number of non-ortho nitro benzene ring substituents is 1. The van der Waals surface area contributed by atoms with Crippen molar-refractivity contribution < 1.29 is 4.92 Å². The van der Waals surface area contributed by atoms with Gasteiger partial charge in [0.25, 0.3) is 5.69 Å². The molecule has 0 saturated heterocycles. The highest BCUT2D eigenvalue weighted by Gasteiger charge is 2.15. The zero-order valence-corrected chi connectivity index (χ0v) is 14.5. The fraction of sp³-hybridized carbons (Fsp3) is 0.462. The van der Waals surface area contributed by atoms with E-state index in [1.165, 1.54) is 31.0 Å². The molecule has 1 aromatic carbocycles. The van der Waals surface area contributed by atoms with Crippen molar-refractivity contribution in [1.82, 2.24) is 5.32 Å². The molecule has 0 amide bonds. The van der Waals surface area contributed by atoms with E-state index in [9.17, 15) is 10.1 Å². The maximum atomic E-state index is 10.7. The highest BCUT2D eigenvalue weighted by Crippen LogP contribution is 2.22. The molecule has 1 fully saturated rings. The van der Waals surface area contributed by atoms with E-state index in [1.807, 2.05) is 0 Å². The van der Waals surface area contributed by atoms with Crippen LogP contribution in [0.4, 0.5) is 5.69 Å². The zero-order chi connectivity index (χ0) is 14.5. The van der Waals surface area contributed by atoms with E-state index in [4.69, 9.17) is 17.3 Å². The van der Waals surface area contributed by atoms with Gasteiger partial charge in [-0.3, -0.25) is 10.1 Å². The Balaban J connectivity index is 0.00000220. The molecule has 2 rings (SSSR count). The Hall–Kier alpha value is -1.09. The molecule has 1 aliphatic rings. The summed E-state index contributed by atoms with van der Waals surface area (Å²) < 4.78 is 0. The molecular formula is C13H18ClIN4O2. The van der Waals surface area contributed by atoms with Gasteiger partial charge in [0.15, 0.2) is 5.96 Å². The van der Waals surface area contributed by atoms with Crippen LogP contribution in [0.3, 0.4) is 0 Å². The number of nitrogens with zero attached hydrogens (tertiary/aromatic N) is 2. The first-order valence-electron chi connectivity index (χ1n) is 6.55. The Morgan fingerprint density at radius 3 is 2.76 bits per heavy atom. The van der Waals surface area contributed by atoms with Gasteiger partial charge in [0, 0.05) is 23.2 Å². The van der Waals surface area contributed by atoms with E-state index in [2.05, 4.69) is 10.3 Å². The molecular weight excluding hydrogens is 407 g/mol. The fourth-order valence-corrected chi connectivity index (χ4v) is 2.47. The smallest absolute Gasteiger partial charge is 0.269 e. The minimum atomic E-state index is -0.455. The second-order valence-corrected chi connectivity index (χ2v) is 5.27. The first-order chi connectivity index (χ1) is 9.56. The van der Waals surface area contributed by atoms with Crippen LogP contribution in [0.5, 0.6) is 0 Å². The van der Waals surface area contributed by atoms with Gasteiger partial charge in [-0.2, -0.15) is 0 Å². The molecule has 0 heterocycles. The van der Waals surface area contributed by atoms with Crippen molar-refractivity contribution in [2.45, 2.75) is 38.3 Å². The first kappa shape index (κ1) is 18.0. The number of guanidine groups is 1. The maximum Gasteiger partial charge on any atom is 0.269 e. The Labute approximate surface area is 145 Å². The van der Waals surface area contributed by atoms with Gasteiger partial charge in [0.05, 0.1) is 11.5 Å². The highest BCUT2D eigenvalue weighted by atomic mass is 127. The van der Waals surface area contributed by atoms with Crippen LogP contribution in [0.2, 0.25) is 5.02 Å². The van der Waals surface area contributed by atoms with E-state index in [-0.39, 0.29) is 36.2 Å².